The quantitative estimate of drug-likeness (QED) is 0.748. The number of carbonyl (C=O) groups excluding carboxylic acids is 1. The van der Waals surface area contributed by atoms with E-state index in [1.54, 1.807) is 0 Å². The van der Waals surface area contributed by atoms with Gasteiger partial charge in [-0.3, -0.25) is 5.32 Å². The number of benzene rings is 1. The highest BCUT2D eigenvalue weighted by Gasteiger charge is 2.35. The molecule has 1 aliphatic heterocycles. The van der Waals surface area contributed by atoms with E-state index in [2.05, 4.69) is 10.3 Å². The zero-order valence-electron chi connectivity index (χ0n) is 14.1. The van der Waals surface area contributed by atoms with Gasteiger partial charge in [0.1, 0.15) is 10.7 Å². The number of alkyl halides is 3. The molecule has 1 N–H and O–H groups in total. The molecule has 0 unspecified atom stereocenters. The van der Waals surface area contributed by atoms with Gasteiger partial charge in [-0.2, -0.15) is 17.5 Å². The summed E-state index contributed by atoms with van der Waals surface area (Å²) in [7, 11) is -4.05. The van der Waals surface area contributed by atoms with Crippen LogP contribution in [0.3, 0.4) is 0 Å². The first kappa shape index (κ1) is 20.5. The number of carbonyl (C=O) groups is 1. The van der Waals surface area contributed by atoms with Crippen molar-refractivity contribution in [1.82, 2.24) is 14.2 Å². The van der Waals surface area contributed by atoms with Crippen molar-refractivity contribution < 1.29 is 30.8 Å². The van der Waals surface area contributed by atoms with Crippen LogP contribution < -0.4 is 5.32 Å². The van der Waals surface area contributed by atoms with E-state index in [-0.39, 0.29) is 31.3 Å². The lowest BCUT2D eigenvalue weighted by Gasteiger charge is -2.33. The van der Waals surface area contributed by atoms with E-state index in [1.165, 1.54) is 17.0 Å². The molecule has 1 saturated heterocycles. The molecular formula is C15H14F4N4O3S2. The highest BCUT2D eigenvalue weighted by atomic mass is 32.2. The Bertz CT molecular complexity index is 970. The summed E-state index contributed by atoms with van der Waals surface area (Å²) in [6.45, 7) is -0.153. The summed E-state index contributed by atoms with van der Waals surface area (Å²) >= 11 is 0.635. The number of anilines is 1. The van der Waals surface area contributed by atoms with E-state index in [0.717, 1.165) is 21.8 Å². The number of nitrogens with zero attached hydrogens (tertiary/aromatic N) is 3. The zero-order valence-corrected chi connectivity index (χ0v) is 15.7. The van der Waals surface area contributed by atoms with Crippen LogP contribution in [0.15, 0.2) is 34.5 Å². The van der Waals surface area contributed by atoms with Crippen molar-refractivity contribution >= 4 is 32.5 Å². The van der Waals surface area contributed by atoms with Crippen molar-refractivity contribution in [2.24, 2.45) is 0 Å². The number of halogens is 4. The third-order valence-corrected chi connectivity index (χ3v) is 6.68. The number of piperazine rings is 1. The molecule has 1 fully saturated rings. The van der Waals surface area contributed by atoms with Gasteiger partial charge in [0.2, 0.25) is 10.0 Å². The maximum atomic E-state index is 13.8. The second kappa shape index (κ2) is 7.64. The van der Waals surface area contributed by atoms with Gasteiger partial charge < -0.3 is 4.90 Å². The molecule has 152 valence electrons. The van der Waals surface area contributed by atoms with Gasteiger partial charge in [0.25, 0.3) is 0 Å². The maximum Gasteiger partial charge on any atom is 0.434 e. The van der Waals surface area contributed by atoms with Crippen LogP contribution in [-0.4, -0.2) is 54.8 Å². The van der Waals surface area contributed by atoms with Crippen LogP contribution in [-0.2, 0) is 16.2 Å². The second-order valence-corrected chi connectivity index (χ2v) is 8.55. The second-order valence-electron chi connectivity index (χ2n) is 5.79. The number of urea groups is 1. The molecule has 0 spiro atoms. The van der Waals surface area contributed by atoms with Crippen LogP contribution in [0.1, 0.15) is 5.69 Å². The third-order valence-electron chi connectivity index (χ3n) is 3.99. The van der Waals surface area contributed by atoms with E-state index >= 15 is 0 Å². The van der Waals surface area contributed by atoms with Gasteiger partial charge in [0, 0.05) is 31.6 Å². The fourth-order valence-corrected chi connectivity index (χ4v) is 4.75. The van der Waals surface area contributed by atoms with Crippen molar-refractivity contribution in [1.29, 1.82) is 0 Å². The fourth-order valence-electron chi connectivity index (χ4n) is 2.56. The molecule has 2 amide bonds. The molecule has 1 aliphatic rings. The minimum Gasteiger partial charge on any atom is -0.322 e. The molecule has 28 heavy (non-hydrogen) atoms. The van der Waals surface area contributed by atoms with Crippen LogP contribution in [0.25, 0.3) is 0 Å². The molecule has 3 rings (SSSR count). The lowest BCUT2D eigenvalue weighted by molar-refractivity contribution is -0.140. The van der Waals surface area contributed by atoms with Gasteiger partial charge in [-0.1, -0.05) is 12.1 Å². The molecule has 1 aromatic heterocycles. The average Bonchev–Trinajstić information content (AvgIpc) is 3.11. The molecule has 0 radical (unpaired) electrons. The van der Waals surface area contributed by atoms with Crippen molar-refractivity contribution in [2.45, 2.75) is 11.1 Å². The fraction of sp³-hybridized carbons (Fsp3) is 0.333. The van der Waals surface area contributed by atoms with Crippen LogP contribution >= 0.6 is 11.3 Å². The summed E-state index contributed by atoms with van der Waals surface area (Å²) in [4.78, 5) is 16.3. The molecule has 2 heterocycles. The van der Waals surface area contributed by atoms with Crippen LogP contribution in [0.2, 0.25) is 0 Å². The summed E-state index contributed by atoms with van der Waals surface area (Å²) < 4.78 is 77.6. The summed E-state index contributed by atoms with van der Waals surface area (Å²) in [5.74, 6) is -0.869. The molecule has 0 bridgehead atoms. The van der Waals surface area contributed by atoms with Crippen molar-refractivity contribution in [3.63, 3.8) is 0 Å². The van der Waals surface area contributed by atoms with E-state index in [9.17, 15) is 30.8 Å². The van der Waals surface area contributed by atoms with Gasteiger partial charge in [0.15, 0.2) is 10.8 Å². The van der Waals surface area contributed by atoms with E-state index in [0.29, 0.717) is 11.3 Å². The summed E-state index contributed by atoms with van der Waals surface area (Å²) in [6.07, 6.45) is -4.60. The van der Waals surface area contributed by atoms with Crippen molar-refractivity contribution in [3.05, 3.63) is 41.2 Å². The van der Waals surface area contributed by atoms with E-state index in [4.69, 9.17) is 0 Å². The van der Waals surface area contributed by atoms with Crippen molar-refractivity contribution in [3.8, 4) is 0 Å². The van der Waals surface area contributed by atoms with Gasteiger partial charge in [0.05, 0.1) is 0 Å². The number of rotatable bonds is 3. The minimum absolute atomic E-state index is 0.00296. The molecule has 7 nitrogen and oxygen atoms in total. The largest absolute Gasteiger partial charge is 0.434 e. The number of amides is 2. The van der Waals surface area contributed by atoms with Gasteiger partial charge >= 0.3 is 12.2 Å². The number of nitrogens with one attached hydrogen (secondary N) is 1. The molecule has 1 aromatic carbocycles. The first-order chi connectivity index (χ1) is 13.1. The standard InChI is InChI=1S/C15H14F4N4O3S2/c16-10-3-1-2-4-11(10)28(25,26)23-7-5-22(6-8-23)14(24)21-13-20-12(9-27-13)15(17,18)19/h1-4,9H,5-8H2,(H,20,21,24). The molecular weight excluding hydrogens is 424 g/mol. The smallest absolute Gasteiger partial charge is 0.322 e. The maximum absolute atomic E-state index is 13.8. The predicted octanol–water partition coefficient (Wildman–Crippen LogP) is 2.84. The Morgan fingerprint density at radius 1 is 1.14 bits per heavy atom. The Labute approximate surface area is 161 Å². The number of aromatic nitrogens is 1. The zero-order chi connectivity index (χ0) is 20.5. The van der Waals surface area contributed by atoms with Crippen LogP contribution in [0, 0.1) is 5.82 Å². The lowest BCUT2D eigenvalue weighted by Crippen LogP contribution is -2.51. The molecule has 0 aliphatic carbocycles. The minimum atomic E-state index is -4.60. The number of thiazole rings is 1. The summed E-state index contributed by atoms with van der Waals surface area (Å²) in [5.41, 5.74) is -1.10. The SMILES string of the molecule is O=C(Nc1nc(C(F)(F)F)cs1)N1CCN(S(=O)(=O)c2ccccc2F)CC1. The topological polar surface area (TPSA) is 82.6 Å². The first-order valence-electron chi connectivity index (χ1n) is 7.92. The van der Waals surface area contributed by atoms with Crippen LogP contribution in [0.4, 0.5) is 27.5 Å². The Kier molecular flexibility index (Phi) is 5.59. The lowest BCUT2D eigenvalue weighted by atomic mass is 10.3. The van der Waals surface area contributed by atoms with Crippen LogP contribution in [0.5, 0.6) is 0 Å². The van der Waals surface area contributed by atoms with E-state index < -0.39 is 38.6 Å². The molecule has 0 saturated carbocycles. The molecule has 0 atom stereocenters. The highest BCUT2D eigenvalue weighted by Crippen LogP contribution is 2.31. The van der Waals surface area contributed by atoms with Crippen molar-refractivity contribution in [2.75, 3.05) is 31.5 Å². The van der Waals surface area contributed by atoms with Gasteiger partial charge in [-0.25, -0.2) is 22.6 Å². The number of hydrogen-bond acceptors (Lipinski definition) is 5. The monoisotopic (exact) mass is 438 g/mol. The predicted molar refractivity (Wildman–Crippen MR) is 92.9 cm³/mol. The number of hydrogen-bond donors (Lipinski definition) is 1. The van der Waals surface area contributed by atoms with E-state index in [1.807, 2.05) is 0 Å². The Balaban J connectivity index is 1.61. The Morgan fingerprint density at radius 3 is 2.36 bits per heavy atom. The Hall–Kier alpha value is -2.25. The average molecular weight is 438 g/mol. The first-order valence-corrected chi connectivity index (χ1v) is 10.2. The Morgan fingerprint density at radius 2 is 1.79 bits per heavy atom. The third kappa shape index (κ3) is 4.25. The normalized spacial score (nSPS) is 16.2. The highest BCUT2D eigenvalue weighted by molar-refractivity contribution is 7.89. The molecule has 13 heteroatoms. The number of sulfonamides is 1. The molecule has 2 aromatic rings. The summed E-state index contributed by atoms with van der Waals surface area (Å²) in [5, 5.41) is 2.84. The van der Waals surface area contributed by atoms with Gasteiger partial charge in [-0.05, 0) is 12.1 Å². The summed E-state index contributed by atoms with van der Waals surface area (Å²) in [6, 6.07) is 4.29. The van der Waals surface area contributed by atoms with Gasteiger partial charge in [-0.15, -0.1) is 11.3 Å².